The van der Waals surface area contributed by atoms with E-state index >= 15 is 0 Å². The van der Waals surface area contributed by atoms with E-state index < -0.39 is 21.8 Å². The van der Waals surface area contributed by atoms with Crippen LogP contribution >= 0.6 is 15.9 Å². The molecule has 5 rings (SSSR count). The lowest BCUT2D eigenvalue weighted by atomic mass is 10.1. The van der Waals surface area contributed by atoms with Gasteiger partial charge < -0.3 is 5.32 Å². The first-order valence-corrected chi connectivity index (χ1v) is 11.6. The average molecular weight is 509 g/mol. The number of benzene rings is 3. The molecular formula is C22H13BrN4O4S. The molecule has 0 spiro atoms. The van der Waals surface area contributed by atoms with Crippen molar-refractivity contribution in [1.82, 2.24) is 9.97 Å². The van der Waals surface area contributed by atoms with Gasteiger partial charge in [-0.05, 0) is 60.7 Å². The molecule has 2 heterocycles. The van der Waals surface area contributed by atoms with Gasteiger partial charge in [0.05, 0.1) is 22.3 Å². The van der Waals surface area contributed by atoms with Crippen LogP contribution < -0.4 is 9.62 Å². The van der Waals surface area contributed by atoms with E-state index in [9.17, 15) is 18.0 Å². The van der Waals surface area contributed by atoms with Crippen LogP contribution in [0.3, 0.4) is 0 Å². The first kappa shape index (κ1) is 20.3. The van der Waals surface area contributed by atoms with Crippen LogP contribution in [0, 0.1) is 0 Å². The third-order valence-corrected chi connectivity index (χ3v) is 7.24. The summed E-state index contributed by atoms with van der Waals surface area (Å²) < 4.78 is 27.7. The van der Waals surface area contributed by atoms with Crippen molar-refractivity contribution >= 4 is 60.2 Å². The Morgan fingerprint density at radius 1 is 0.906 bits per heavy atom. The van der Waals surface area contributed by atoms with Crippen LogP contribution in [-0.4, -0.2) is 30.2 Å². The van der Waals surface area contributed by atoms with Crippen molar-refractivity contribution in [3.05, 3.63) is 88.7 Å². The van der Waals surface area contributed by atoms with Crippen molar-refractivity contribution in [3.63, 3.8) is 0 Å². The highest BCUT2D eigenvalue weighted by Crippen LogP contribution is 2.35. The highest BCUT2D eigenvalue weighted by atomic mass is 79.9. The van der Waals surface area contributed by atoms with Gasteiger partial charge in [0, 0.05) is 28.1 Å². The van der Waals surface area contributed by atoms with E-state index in [4.69, 9.17) is 0 Å². The summed E-state index contributed by atoms with van der Waals surface area (Å²) in [4.78, 5) is 33.8. The number of hydrogen-bond acceptors (Lipinski definition) is 6. The highest BCUT2D eigenvalue weighted by Gasteiger charge is 2.42. The molecule has 8 nitrogen and oxygen atoms in total. The monoisotopic (exact) mass is 508 g/mol. The Bertz CT molecular complexity index is 1520. The second-order valence-corrected chi connectivity index (χ2v) is 9.65. The number of nitrogens with one attached hydrogen (secondary N) is 1. The van der Waals surface area contributed by atoms with Crippen LogP contribution in [0.25, 0.3) is 11.0 Å². The summed E-state index contributed by atoms with van der Waals surface area (Å²) in [6.07, 6.45) is 3.12. The molecule has 10 heteroatoms. The lowest BCUT2D eigenvalue weighted by molar-refractivity contribution is 0.100. The van der Waals surface area contributed by atoms with Crippen LogP contribution in [0.4, 0.5) is 11.4 Å². The zero-order valence-corrected chi connectivity index (χ0v) is 18.6. The smallest absolute Gasteiger partial charge is 0.273 e. The Morgan fingerprint density at radius 3 is 2.38 bits per heavy atom. The van der Waals surface area contributed by atoms with Crippen molar-refractivity contribution in [2.24, 2.45) is 0 Å². The molecule has 0 fully saturated rings. The molecule has 0 saturated carbocycles. The van der Waals surface area contributed by atoms with Crippen LogP contribution in [-0.2, 0) is 10.0 Å². The van der Waals surface area contributed by atoms with Gasteiger partial charge in [0.2, 0.25) is 0 Å². The maximum atomic E-state index is 13.1. The quantitative estimate of drug-likeness (QED) is 0.447. The van der Waals surface area contributed by atoms with Crippen LogP contribution in [0.5, 0.6) is 0 Å². The van der Waals surface area contributed by atoms with Crippen LogP contribution in [0.2, 0.25) is 0 Å². The predicted octanol–water partition coefficient (Wildman–Crippen LogP) is 3.99. The summed E-state index contributed by atoms with van der Waals surface area (Å²) in [6.45, 7) is 0. The average Bonchev–Trinajstić information content (AvgIpc) is 2.99. The molecule has 3 aromatic carbocycles. The largest absolute Gasteiger partial charge is 0.322 e. The highest BCUT2D eigenvalue weighted by molar-refractivity contribution is 9.10. The van der Waals surface area contributed by atoms with Gasteiger partial charge >= 0.3 is 0 Å². The number of fused-ring (bicyclic) bond motifs is 2. The first-order valence-electron chi connectivity index (χ1n) is 9.36. The van der Waals surface area contributed by atoms with Crippen molar-refractivity contribution in [1.29, 1.82) is 0 Å². The van der Waals surface area contributed by atoms with Gasteiger partial charge in [-0.2, -0.15) is 4.31 Å². The van der Waals surface area contributed by atoms with Gasteiger partial charge in [-0.25, -0.2) is 8.42 Å². The molecule has 1 aromatic heterocycles. The minimum absolute atomic E-state index is 0.0189. The zero-order chi connectivity index (χ0) is 22.5. The topological polar surface area (TPSA) is 109 Å². The van der Waals surface area contributed by atoms with Crippen molar-refractivity contribution < 1.29 is 18.0 Å². The molecule has 4 aromatic rings. The van der Waals surface area contributed by atoms with Crippen LogP contribution in [0.15, 0.2) is 82.4 Å². The molecule has 32 heavy (non-hydrogen) atoms. The Labute approximate surface area is 191 Å². The molecule has 0 atom stereocenters. The van der Waals surface area contributed by atoms with E-state index in [1.165, 1.54) is 30.3 Å². The van der Waals surface area contributed by atoms with E-state index in [1.54, 1.807) is 42.7 Å². The number of nitrogens with zero attached hydrogens (tertiary/aromatic N) is 3. The Hall–Kier alpha value is -3.63. The third kappa shape index (κ3) is 3.33. The minimum Gasteiger partial charge on any atom is -0.322 e. The maximum absolute atomic E-state index is 13.1. The van der Waals surface area contributed by atoms with E-state index in [1.807, 2.05) is 0 Å². The number of rotatable bonds is 3. The van der Waals surface area contributed by atoms with Gasteiger partial charge in [-0.15, -0.1) is 0 Å². The number of halogens is 1. The number of anilines is 2. The van der Waals surface area contributed by atoms with E-state index in [0.29, 0.717) is 16.7 Å². The molecule has 1 aliphatic rings. The van der Waals surface area contributed by atoms with Gasteiger partial charge in [-0.3, -0.25) is 19.6 Å². The number of sulfonamides is 1. The molecule has 2 amide bonds. The fourth-order valence-corrected chi connectivity index (χ4v) is 5.33. The lowest BCUT2D eigenvalue weighted by Crippen LogP contribution is -2.29. The molecule has 158 valence electrons. The third-order valence-electron chi connectivity index (χ3n) is 4.97. The lowest BCUT2D eigenvalue weighted by Gasteiger charge is -2.15. The second kappa shape index (κ2) is 7.50. The SMILES string of the molecule is O=C(Nc1ccc2nccnc2c1)c1ccc2c(c1)S(=O)(=O)N(c1ccc(Br)cc1)C2=O. The molecule has 0 saturated heterocycles. The fraction of sp³-hybridized carbons (Fsp3) is 0. The number of carbonyl (C=O) groups excluding carboxylic acids is 2. The van der Waals surface area contributed by atoms with Crippen molar-refractivity contribution in [2.45, 2.75) is 4.90 Å². The number of aromatic nitrogens is 2. The number of amides is 2. The summed E-state index contributed by atoms with van der Waals surface area (Å²) in [5.74, 6) is -1.18. The van der Waals surface area contributed by atoms with Gasteiger partial charge in [-0.1, -0.05) is 15.9 Å². The fourth-order valence-electron chi connectivity index (χ4n) is 3.45. The predicted molar refractivity (Wildman–Crippen MR) is 122 cm³/mol. The zero-order valence-electron chi connectivity index (χ0n) is 16.2. The summed E-state index contributed by atoms with van der Waals surface area (Å²) in [5, 5.41) is 2.72. The van der Waals surface area contributed by atoms with Crippen LogP contribution in [0.1, 0.15) is 20.7 Å². The number of carbonyl (C=O) groups is 2. The molecule has 0 aliphatic carbocycles. The Balaban J connectivity index is 1.47. The summed E-state index contributed by atoms with van der Waals surface area (Å²) in [6, 6.07) is 15.4. The summed E-state index contributed by atoms with van der Waals surface area (Å²) in [7, 11) is -4.15. The normalized spacial score (nSPS) is 14.4. The van der Waals surface area contributed by atoms with Crippen molar-refractivity contribution in [2.75, 3.05) is 9.62 Å². The van der Waals surface area contributed by atoms with Gasteiger partial charge in [0.25, 0.3) is 21.8 Å². The van der Waals surface area contributed by atoms with Gasteiger partial charge in [0.15, 0.2) is 0 Å². The standard InChI is InChI=1S/C22H13BrN4O4S/c23-14-2-5-16(6-3-14)27-22(29)17-7-1-13(11-20(17)32(27,30)31)21(28)26-15-4-8-18-19(12-15)25-10-9-24-18/h1-12H,(H,26,28). The Morgan fingerprint density at radius 2 is 1.62 bits per heavy atom. The molecular weight excluding hydrogens is 496 g/mol. The summed E-state index contributed by atoms with van der Waals surface area (Å²) >= 11 is 3.29. The number of hydrogen-bond donors (Lipinski definition) is 1. The second-order valence-electron chi connectivity index (χ2n) is 6.98. The maximum Gasteiger partial charge on any atom is 0.273 e. The van der Waals surface area contributed by atoms with Crippen molar-refractivity contribution in [3.8, 4) is 0 Å². The van der Waals surface area contributed by atoms with E-state index in [-0.39, 0.29) is 21.7 Å². The molecule has 0 radical (unpaired) electrons. The van der Waals surface area contributed by atoms with E-state index in [0.717, 1.165) is 8.78 Å². The first-order chi connectivity index (χ1) is 15.3. The summed E-state index contributed by atoms with van der Waals surface area (Å²) in [5.41, 5.74) is 2.12. The molecule has 1 aliphatic heterocycles. The molecule has 0 unspecified atom stereocenters. The molecule has 0 bridgehead atoms. The minimum atomic E-state index is -4.15. The van der Waals surface area contributed by atoms with E-state index in [2.05, 4.69) is 31.2 Å². The molecule has 1 N–H and O–H groups in total. The Kier molecular flexibility index (Phi) is 4.75. The van der Waals surface area contributed by atoms with Gasteiger partial charge in [0.1, 0.15) is 4.90 Å².